The molecule has 1 heterocycles. The Morgan fingerprint density at radius 3 is 2.79 bits per heavy atom. The molecule has 1 aromatic heterocycles. The van der Waals surface area contributed by atoms with E-state index in [0.29, 0.717) is 6.73 Å². The van der Waals surface area contributed by atoms with Gasteiger partial charge < -0.3 is 4.74 Å². The monoisotopic (exact) mass is 215 g/mol. The molecular weight excluding hydrogens is 198 g/mol. The minimum Gasteiger partial charge on any atom is -0.360 e. The molecule has 14 heavy (non-hydrogen) atoms. The summed E-state index contributed by atoms with van der Waals surface area (Å²) in [5, 5.41) is 2.51. The van der Waals surface area contributed by atoms with Crippen LogP contribution in [-0.4, -0.2) is 29.4 Å². The van der Waals surface area contributed by atoms with Crippen molar-refractivity contribution >= 4 is 8.07 Å². The molecule has 1 N–H and O–H groups in total. The van der Waals surface area contributed by atoms with Gasteiger partial charge in [-0.25, -0.2) is 14.6 Å². The smallest absolute Gasteiger partial charge is 0.360 e. The Morgan fingerprint density at radius 2 is 2.29 bits per heavy atom. The summed E-state index contributed by atoms with van der Waals surface area (Å²) in [6.45, 7) is 8.02. The van der Waals surface area contributed by atoms with E-state index in [0.717, 1.165) is 12.7 Å². The lowest BCUT2D eigenvalue weighted by Crippen LogP contribution is -2.22. The molecule has 1 rings (SSSR count). The second-order valence-corrected chi connectivity index (χ2v) is 10.1. The van der Waals surface area contributed by atoms with Gasteiger partial charge in [-0.15, -0.1) is 0 Å². The van der Waals surface area contributed by atoms with Gasteiger partial charge in [-0.3, -0.25) is 0 Å². The summed E-state index contributed by atoms with van der Waals surface area (Å²) in [6.07, 6.45) is 1.44. The average molecular weight is 215 g/mol. The lowest BCUT2D eigenvalue weighted by molar-refractivity contribution is 0.0781. The second kappa shape index (κ2) is 4.56. The fourth-order valence-electron chi connectivity index (χ4n) is 0.910. The Hall–Kier alpha value is -0.883. The van der Waals surface area contributed by atoms with Crippen molar-refractivity contribution in [2.75, 3.05) is 6.61 Å². The average Bonchev–Trinajstić information content (AvgIpc) is 2.44. The molecule has 80 valence electrons. The van der Waals surface area contributed by atoms with Gasteiger partial charge in [0.25, 0.3) is 0 Å². The Morgan fingerprint density at radius 1 is 1.57 bits per heavy atom. The number of aromatic amines is 1. The Balaban J connectivity index is 2.19. The normalized spacial score (nSPS) is 11.9. The minimum atomic E-state index is -1.01. The topological polar surface area (TPSA) is 59.9 Å². The summed E-state index contributed by atoms with van der Waals surface area (Å²) >= 11 is 0. The first-order chi connectivity index (χ1) is 6.47. The van der Waals surface area contributed by atoms with Crippen molar-refractivity contribution in [1.82, 2.24) is 14.8 Å². The van der Waals surface area contributed by atoms with E-state index in [-0.39, 0.29) is 5.69 Å². The van der Waals surface area contributed by atoms with E-state index >= 15 is 0 Å². The molecule has 0 spiro atoms. The first kappa shape index (κ1) is 11.2. The van der Waals surface area contributed by atoms with E-state index in [9.17, 15) is 4.79 Å². The van der Waals surface area contributed by atoms with Crippen LogP contribution in [0.1, 0.15) is 0 Å². The number of hydrogen-bond acceptors (Lipinski definition) is 3. The molecule has 1 aromatic rings. The van der Waals surface area contributed by atoms with Crippen LogP contribution < -0.4 is 5.69 Å². The van der Waals surface area contributed by atoms with Crippen LogP contribution in [0.15, 0.2) is 11.1 Å². The maximum Gasteiger partial charge on any atom is 0.361 e. The molecule has 0 unspecified atom stereocenters. The number of hydrogen-bond donors (Lipinski definition) is 1. The summed E-state index contributed by atoms with van der Waals surface area (Å²) in [7, 11) is -1.01. The summed E-state index contributed by atoms with van der Waals surface area (Å²) in [4.78, 5) is 14.2. The highest BCUT2D eigenvalue weighted by molar-refractivity contribution is 6.76. The van der Waals surface area contributed by atoms with Gasteiger partial charge in [-0.1, -0.05) is 19.6 Å². The lowest BCUT2D eigenvalue weighted by atomic mass is 10.8. The Bertz CT molecular complexity index is 326. The molecule has 0 saturated heterocycles. The zero-order chi connectivity index (χ0) is 10.6. The highest BCUT2D eigenvalue weighted by Crippen LogP contribution is 2.07. The third kappa shape index (κ3) is 4.38. The maximum absolute atomic E-state index is 10.6. The van der Waals surface area contributed by atoms with Gasteiger partial charge in [0.15, 0.2) is 0 Å². The van der Waals surface area contributed by atoms with Crippen molar-refractivity contribution < 1.29 is 4.74 Å². The molecular formula is C8H17N3O2Si. The first-order valence-electron chi connectivity index (χ1n) is 4.66. The number of aromatic nitrogens is 3. The lowest BCUT2D eigenvalue weighted by Gasteiger charge is -2.15. The molecule has 0 fully saturated rings. The SMILES string of the molecule is C[Si](C)(C)CCOCn1cnc(=O)[nH]1. The Labute approximate surface area is 84.1 Å². The molecule has 0 radical (unpaired) electrons. The third-order valence-corrected chi connectivity index (χ3v) is 3.48. The van der Waals surface area contributed by atoms with E-state index in [1.165, 1.54) is 11.0 Å². The number of nitrogens with one attached hydrogen (secondary N) is 1. The molecule has 0 aliphatic heterocycles. The summed E-state index contributed by atoms with van der Waals surface area (Å²) in [5.74, 6) is 0. The number of nitrogens with zero attached hydrogens (tertiary/aromatic N) is 2. The van der Waals surface area contributed by atoms with Gasteiger partial charge >= 0.3 is 5.69 Å². The molecule has 0 bridgehead atoms. The van der Waals surface area contributed by atoms with Crippen LogP contribution in [0.4, 0.5) is 0 Å². The third-order valence-electron chi connectivity index (χ3n) is 1.78. The molecule has 0 aliphatic carbocycles. The maximum atomic E-state index is 10.6. The first-order valence-corrected chi connectivity index (χ1v) is 8.37. The Kier molecular flexibility index (Phi) is 3.65. The van der Waals surface area contributed by atoms with Crippen molar-refractivity contribution in [2.45, 2.75) is 32.4 Å². The highest BCUT2D eigenvalue weighted by Gasteiger charge is 2.11. The fourth-order valence-corrected chi connectivity index (χ4v) is 1.67. The summed E-state index contributed by atoms with van der Waals surface area (Å²) in [6, 6.07) is 1.13. The molecule has 5 nitrogen and oxygen atoms in total. The van der Waals surface area contributed by atoms with Crippen molar-refractivity contribution in [1.29, 1.82) is 0 Å². The van der Waals surface area contributed by atoms with Crippen LogP contribution in [0.25, 0.3) is 0 Å². The number of H-pyrrole nitrogens is 1. The zero-order valence-corrected chi connectivity index (χ0v) is 9.91. The molecule has 0 aliphatic rings. The molecule has 0 aromatic carbocycles. The van der Waals surface area contributed by atoms with Crippen LogP contribution in [0.5, 0.6) is 0 Å². The molecule has 0 amide bonds. The fraction of sp³-hybridized carbons (Fsp3) is 0.750. The van der Waals surface area contributed by atoms with E-state index in [1.807, 2.05) is 0 Å². The van der Waals surface area contributed by atoms with Crippen molar-refractivity contribution in [3.05, 3.63) is 16.8 Å². The summed E-state index contributed by atoms with van der Waals surface area (Å²) < 4.78 is 6.93. The molecule has 0 saturated carbocycles. The van der Waals surface area contributed by atoms with Gasteiger partial charge in [0.1, 0.15) is 13.1 Å². The van der Waals surface area contributed by atoms with E-state index in [1.54, 1.807) is 0 Å². The van der Waals surface area contributed by atoms with Gasteiger partial charge in [0, 0.05) is 14.7 Å². The van der Waals surface area contributed by atoms with Crippen LogP contribution in [0, 0.1) is 0 Å². The van der Waals surface area contributed by atoms with Crippen LogP contribution >= 0.6 is 0 Å². The summed E-state index contributed by atoms with van der Waals surface area (Å²) in [5.41, 5.74) is -0.334. The molecule has 0 atom stereocenters. The standard InChI is InChI=1S/C8H17N3O2Si/c1-14(2,3)5-4-13-7-11-6-9-8(12)10-11/h6H,4-5,7H2,1-3H3,(H,10,12). The highest BCUT2D eigenvalue weighted by atomic mass is 28.3. The molecule has 6 heteroatoms. The van der Waals surface area contributed by atoms with Crippen molar-refractivity contribution in [3.8, 4) is 0 Å². The predicted octanol–water partition coefficient (Wildman–Crippen LogP) is 0.884. The van der Waals surface area contributed by atoms with Gasteiger partial charge in [-0.2, -0.15) is 4.98 Å². The second-order valence-electron chi connectivity index (χ2n) is 4.48. The van der Waals surface area contributed by atoms with Crippen molar-refractivity contribution in [2.24, 2.45) is 0 Å². The largest absolute Gasteiger partial charge is 0.361 e. The van der Waals surface area contributed by atoms with E-state index < -0.39 is 8.07 Å². The number of rotatable bonds is 5. The van der Waals surface area contributed by atoms with Crippen LogP contribution in [-0.2, 0) is 11.5 Å². The quantitative estimate of drug-likeness (QED) is 0.586. The van der Waals surface area contributed by atoms with Gasteiger partial charge in [0.05, 0.1) is 0 Å². The van der Waals surface area contributed by atoms with E-state index in [2.05, 4.69) is 29.7 Å². The van der Waals surface area contributed by atoms with Gasteiger partial charge in [-0.05, 0) is 6.04 Å². The van der Waals surface area contributed by atoms with Gasteiger partial charge in [0.2, 0.25) is 0 Å². The minimum absolute atomic E-state index is 0.334. The predicted molar refractivity (Wildman–Crippen MR) is 57.0 cm³/mol. The van der Waals surface area contributed by atoms with Crippen LogP contribution in [0.2, 0.25) is 25.7 Å². The number of ether oxygens (including phenoxy) is 1. The zero-order valence-electron chi connectivity index (χ0n) is 8.91. The van der Waals surface area contributed by atoms with Crippen molar-refractivity contribution in [3.63, 3.8) is 0 Å². The van der Waals surface area contributed by atoms with Crippen LogP contribution in [0.3, 0.4) is 0 Å². The van der Waals surface area contributed by atoms with E-state index in [4.69, 9.17) is 4.74 Å².